The summed E-state index contributed by atoms with van der Waals surface area (Å²) in [4.78, 5) is 0. The first-order valence-electron chi connectivity index (χ1n) is 25.0. The second-order valence-corrected chi connectivity index (χ2v) is 22.5. The summed E-state index contributed by atoms with van der Waals surface area (Å²) in [5.74, 6) is 16.9. The van der Waals surface area contributed by atoms with Gasteiger partial charge in [0.2, 0.25) is 0 Å². The van der Waals surface area contributed by atoms with Crippen molar-refractivity contribution in [3.05, 3.63) is 0 Å². The summed E-state index contributed by atoms with van der Waals surface area (Å²) in [6.45, 7) is 0. The molecule has 0 N–H and O–H groups in total. The van der Waals surface area contributed by atoms with Crippen LogP contribution in [0.2, 0.25) is 0 Å². The largest absolute Gasteiger partial charge is 0.374 e. The van der Waals surface area contributed by atoms with Gasteiger partial charge in [0.25, 0.3) is 0 Å². The van der Waals surface area contributed by atoms with Crippen molar-refractivity contribution in [1.82, 2.24) is 0 Å². The molecular formula is C50H80O. The van der Waals surface area contributed by atoms with Gasteiger partial charge in [0.1, 0.15) is 0 Å². The lowest BCUT2D eigenvalue weighted by molar-refractivity contribution is -0.158. The number of rotatable bonds is 3. The average Bonchev–Trinajstić information content (AvgIpc) is 3.73. The highest BCUT2D eigenvalue weighted by Crippen LogP contribution is 2.79. The summed E-state index contributed by atoms with van der Waals surface area (Å²) in [7, 11) is 0. The molecule has 0 aromatic heterocycles. The first-order valence-corrected chi connectivity index (χ1v) is 25.0. The molecule has 0 aromatic carbocycles. The zero-order valence-corrected chi connectivity index (χ0v) is 33.2. The van der Waals surface area contributed by atoms with Crippen LogP contribution in [-0.4, -0.2) is 12.2 Å². The summed E-state index contributed by atoms with van der Waals surface area (Å²) in [5.41, 5.74) is 0.691. The highest BCUT2D eigenvalue weighted by molar-refractivity contribution is 5.22. The second-order valence-electron chi connectivity index (χ2n) is 22.5. The van der Waals surface area contributed by atoms with Crippen molar-refractivity contribution < 1.29 is 4.74 Å². The van der Waals surface area contributed by atoms with Gasteiger partial charge in [0, 0.05) is 0 Å². The minimum absolute atomic E-state index is 0.640. The molecule has 1 spiro atoms. The van der Waals surface area contributed by atoms with Crippen LogP contribution in [0.3, 0.4) is 0 Å². The number of ether oxygens (including phenoxy) is 1. The van der Waals surface area contributed by atoms with Crippen LogP contribution in [0.25, 0.3) is 0 Å². The van der Waals surface area contributed by atoms with Gasteiger partial charge in [-0.05, 0) is 164 Å². The van der Waals surface area contributed by atoms with E-state index < -0.39 is 0 Å². The van der Waals surface area contributed by atoms with Gasteiger partial charge in [-0.3, -0.25) is 0 Å². The zero-order chi connectivity index (χ0) is 33.5. The lowest BCUT2D eigenvalue weighted by Crippen LogP contribution is -2.58. The Balaban J connectivity index is 1.07. The number of hydrogen-bond acceptors (Lipinski definition) is 1. The van der Waals surface area contributed by atoms with Gasteiger partial charge in [-0.1, -0.05) is 135 Å². The smallest absolute Gasteiger partial charge is 0.0613 e. The molecule has 14 atom stereocenters. The van der Waals surface area contributed by atoms with Crippen LogP contribution < -0.4 is 0 Å². The Bertz CT molecular complexity index is 1160. The topological polar surface area (TPSA) is 9.23 Å². The lowest BCUT2D eigenvalue weighted by atomic mass is 9.41. The molecule has 14 unspecified atom stereocenters. The van der Waals surface area contributed by atoms with E-state index in [1.54, 1.807) is 161 Å². The van der Waals surface area contributed by atoms with E-state index in [9.17, 15) is 0 Å². The fraction of sp³-hybridized carbons (Fsp3) is 1.00. The Labute approximate surface area is 315 Å². The SMILES string of the molecule is C1CCC(C2CC(C3CCCCC3)C3(C(C4CCCCC4)C2)C2CCC4CCCCC4C2C2C4C(CCC23)OC2CCC3CCCCC3C24)CC1. The molecule has 286 valence electrons. The third-order valence-electron chi connectivity index (χ3n) is 21.3. The summed E-state index contributed by atoms with van der Waals surface area (Å²) >= 11 is 0. The van der Waals surface area contributed by atoms with E-state index in [4.69, 9.17) is 4.74 Å². The molecule has 1 saturated heterocycles. The molecule has 0 amide bonds. The average molecular weight is 697 g/mol. The van der Waals surface area contributed by atoms with Crippen molar-refractivity contribution in [2.45, 2.75) is 211 Å². The van der Waals surface area contributed by atoms with E-state index >= 15 is 0 Å². The second kappa shape index (κ2) is 14.2. The molecule has 11 rings (SSSR count). The van der Waals surface area contributed by atoms with E-state index in [-0.39, 0.29) is 0 Å². The Morgan fingerprint density at radius 1 is 0.275 bits per heavy atom. The lowest BCUT2D eigenvalue weighted by Gasteiger charge is -2.64. The van der Waals surface area contributed by atoms with E-state index in [0.717, 1.165) is 94.7 Å². The maximum atomic E-state index is 7.50. The van der Waals surface area contributed by atoms with E-state index in [1.807, 2.05) is 0 Å². The van der Waals surface area contributed by atoms with Crippen molar-refractivity contribution in [3.8, 4) is 0 Å². The normalized spacial score (nSPS) is 53.8. The maximum absolute atomic E-state index is 7.50. The van der Waals surface area contributed by atoms with Crippen LogP contribution in [0, 0.1) is 100 Å². The molecule has 51 heavy (non-hydrogen) atoms. The standard InChI is InChI=1S/C50H80O/c1-4-14-32(15-5-1)37-30-42(35-18-6-2-7-19-35)50(43(31-37)36-20-8-3-9-21-36)40-26-24-33-16-10-12-22-38(33)46(40)48-41(50)27-29-45-49(48)47-39-23-13-11-17-34(39)25-28-44(47)51-45/h32-49H,1-31H2. The molecule has 1 heteroatoms. The number of fused-ring (bicyclic) bond motifs is 13. The summed E-state index contributed by atoms with van der Waals surface area (Å²) < 4.78 is 7.50. The zero-order valence-electron chi connectivity index (χ0n) is 33.2. The predicted octanol–water partition coefficient (Wildman–Crippen LogP) is 13.8. The van der Waals surface area contributed by atoms with Crippen molar-refractivity contribution in [1.29, 1.82) is 0 Å². The van der Waals surface area contributed by atoms with Crippen molar-refractivity contribution in [2.24, 2.45) is 100 Å². The quantitative estimate of drug-likeness (QED) is 0.285. The van der Waals surface area contributed by atoms with Crippen LogP contribution in [0.1, 0.15) is 199 Å². The predicted molar refractivity (Wildman–Crippen MR) is 210 cm³/mol. The third-order valence-corrected chi connectivity index (χ3v) is 21.3. The van der Waals surface area contributed by atoms with Crippen LogP contribution >= 0.6 is 0 Å². The van der Waals surface area contributed by atoms with Gasteiger partial charge in [-0.2, -0.15) is 0 Å². The van der Waals surface area contributed by atoms with Gasteiger partial charge in [0.05, 0.1) is 12.2 Å². The van der Waals surface area contributed by atoms with E-state index in [1.165, 1.54) is 38.5 Å². The molecule has 0 radical (unpaired) electrons. The van der Waals surface area contributed by atoms with Gasteiger partial charge >= 0.3 is 0 Å². The Kier molecular flexibility index (Phi) is 9.50. The first kappa shape index (κ1) is 34.2. The van der Waals surface area contributed by atoms with Gasteiger partial charge in [-0.25, -0.2) is 0 Å². The molecule has 10 aliphatic carbocycles. The van der Waals surface area contributed by atoms with E-state index in [0.29, 0.717) is 17.6 Å². The fourth-order valence-corrected chi connectivity index (χ4v) is 20.1. The Hall–Kier alpha value is -0.0400. The molecule has 0 aromatic rings. The summed E-state index contributed by atoms with van der Waals surface area (Å²) in [6.07, 6.45) is 50.2. The minimum atomic E-state index is 0.640. The Morgan fingerprint density at radius 2 is 0.706 bits per heavy atom. The monoisotopic (exact) mass is 697 g/mol. The molecule has 1 aliphatic heterocycles. The van der Waals surface area contributed by atoms with Gasteiger partial charge in [-0.15, -0.1) is 0 Å². The van der Waals surface area contributed by atoms with Gasteiger partial charge < -0.3 is 4.74 Å². The van der Waals surface area contributed by atoms with Crippen LogP contribution in [0.5, 0.6) is 0 Å². The number of hydrogen-bond donors (Lipinski definition) is 0. The molecular weight excluding hydrogens is 617 g/mol. The molecule has 1 heterocycles. The van der Waals surface area contributed by atoms with Crippen molar-refractivity contribution >= 4 is 0 Å². The van der Waals surface area contributed by atoms with E-state index in [2.05, 4.69) is 0 Å². The molecule has 11 aliphatic rings. The van der Waals surface area contributed by atoms with Crippen LogP contribution in [0.4, 0.5) is 0 Å². The molecule has 10 saturated carbocycles. The minimum Gasteiger partial charge on any atom is -0.374 e. The summed E-state index contributed by atoms with van der Waals surface area (Å²) in [6, 6.07) is 0. The molecule has 11 fully saturated rings. The Morgan fingerprint density at radius 3 is 1.33 bits per heavy atom. The highest BCUT2D eigenvalue weighted by atomic mass is 16.5. The van der Waals surface area contributed by atoms with Crippen molar-refractivity contribution in [3.63, 3.8) is 0 Å². The van der Waals surface area contributed by atoms with Gasteiger partial charge in [0.15, 0.2) is 0 Å². The van der Waals surface area contributed by atoms with Crippen LogP contribution in [-0.2, 0) is 4.74 Å². The fourth-order valence-electron chi connectivity index (χ4n) is 20.1. The summed E-state index contributed by atoms with van der Waals surface area (Å²) in [5, 5.41) is 0. The highest BCUT2D eigenvalue weighted by Gasteiger charge is 2.74. The van der Waals surface area contributed by atoms with Crippen molar-refractivity contribution in [2.75, 3.05) is 0 Å². The molecule has 1 nitrogen and oxygen atoms in total. The third kappa shape index (κ3) is 5.47. The first-order chi connectivity index (χ1) is 25.3. The van der Waals surface area contributed by atoms with Crippen LogP contribution in [0.15, 0.2) is 0 Å². The maximum Gasteiger partial charge on any atom is 0.0613 e. The molecule has 0 bridgehead atoms.